The Balaban J connectivity index is 1.63. The SMILES string of the molecule is CN=C(NCCc1ccc(Cl)cc1)N(C)CCOCC1CC1. The normalized spacial score (nSPS) is 15.0. The molecule has 1 N–H and O–H groups in total. The summed E-state index contributed by atoms with van der Waals surface area (Å²) in [5.41, 5.74) is 1.27. The number of ether oxygens (including phenoxy) is 1. The minimum absolute atomic E-state index is 0.755. The molecular weight excluding hydrogens is 298 g/mol. The first-order valence-corrected chi connectivity index (χ1v) is 8.31. The Bertz CT molecular complexity index is 471. The summed E-state index contributed by atoms with van der Waals surface area (Å²) in [4.78, 5) is 6.42. The van der Waals surface area contributed by atoms with Crippen LogP contribution < -0.4 is 5.32 Å². The second-order valence-corrected chi connectivity index (χ2v) is 6.23. The van der Waals surface area contributed by atoms with Gasteiger partial charge in [-0.05, 0) is 42.9 Å². The van der Waals surface area contributed by atoms with Crippen molar-refractivity contribution >= 4 is 17.6 Å². The molecule has 1 aromatic carbocycles. The molecule has 1 aliphatic carbocycles. The number of nitrogens with zero attached hydrogens (tertiary/aromatic N) is 2. The molecule has 5 heteroatoms. The Morgan fingerprint density at radius 2 is 2.09 bits per heavy atom. The van der Waals surface area contributed by atoms with Crippen molar-refractivity contribution in [3.8, 4) is 0 Å². The molecule has 0 unspecified atom stereocenters. The van der Waals surface area contributed by atoms with Gasteiger partial charge in [0.2, 0.25) is 0 Å². The summed E-state index contributed by atoms with van der Waals surface area (Å²) in [6.07, 6.45) is 3.62. The number of nitrogens with one attached hydrogen (secondary N) is 1. The number of likely N-dealkylation sites (N-methyl/N-ethyl adjacent to an activating group) is 1. The van der Waals surface area contributed by atoms with E-state index in [0.717, 1.165) is 49.6 Å². The van der Waals surface area contributed by atoms with Gasteiger partial charge >= 0.3 is 0 Å². The van der Waals surface area contributed by atoms with E-state index >= 15 is 0 Å². The fourth-order valence-electron chi connectivity index (χ4n) is 2.20. The summed E-state index contributed by atoms with van der Waals surface area (Å²) >= 11 is 5.89. The molecule has 22 heavy (non-hydrogen) atoms. The Kier molecular flexibility index (Phi) is 7.00. The number of aliphatic imine (C=N–C) groups is 1. The average molecular weight is 324 g/mol. The van der Waals surface area contributed by atoms with Gasteiger partial charge in [0.1, 0.15) is 0 Å². The van der Waals surface area contributed by atoms with Gasteiger partial charge in [0.15, 0.2) is 5.96 Å². The van der Waals surface area contributed by atoms with E-state index in [0.29, 0.717) is 0 Å². The largest absolute Gasteiger partial charge is 0.379 e. The Hall–Kier alpha value is -1.26. The van der Waals surface area contributed by atoms with Crippen molar-refractivity contribution in [3.63, 3.8) is 0 Å². The van der Waals surface area contributed by atoms with Gasteiger partial charge in [-0.2, -0.15) is 0 Å². The number of hydrogen-bond acceptors (Lipinski definition) is 2. The lowest BCUT2D eigenvalue weighted by molar-refractivity contribution is 0.115. The molecule has 0 amide bonds. The molecule has 0 atom stereocenters. The molecule has 0 radical (unpaired) electrons. The van der Waals surface area contributed by atoms with E-state index in [1.54, 1.807) is 0 Å². The molecule has 1 fully saturated rings. The van der Waals surface area contributed by atoms with Crippen LogP contribution in [0.1, 0.15) is 18.4 Å². The van der Waals surface area contributed by atoms with Crippen LogP contribution in [0, 0.1) is 5.92 Å². The zero-order valence-electron chi connectivity index (χ0n) is 13.5. The first-order valence-electron chi connectivity index (χ1n) is 7.93. The molecule has 1 aliphatic rings. The highest BCUT2D eigenvalue weighted by molar-refractivity contribution is 6.30. The van der Waals surface area contributed by atoms with Crippen LogP contribution in [0.3, 0.4) is 0 Å². The minimum atomic E-state index is 0.755. The highest BCUT2D eigenvalue weighted by atomic mass is 35.5. The predicted molar refractivity (Wildman–Crippen MR) is 92.7 cm³/mol. The minimum Gasteiger partial charge on any atom is -0.379 e. The molecule has 0 heterocycles. The van der Waals surface area contributed by atoms with E-state index in [1.165, 1.54) is 18.4 Å². The lowest BCUT2D eigenvalue weighted by Gasteiger charge is -2.22. The van der Waals surface area contributed by atoms with Crippen LogP contribution in [0.25, 0.3) is 0 Å². The molecule has 0 saturated heterocycles. The molecule has 0 aromatic heterocycles. The standard InChI is InChI=1S/C17H26ClN3O/c1-19-17(21(2)11-12-22-13-15-3-4-15)20-10-9-14-5-7-16(18)8-6-14/h5-8,15H,3-4,9-13H2,1-2H3,(H,19,20). The van der Waals surface area contributed by atoms with Crippen LogP contribution in [0.5, 0.6) is 0 Å². The van der Waals surface area contributed by atoms with Gasteiger partial charge in [-0.1, -0.05) is 23.7 Å². The monoisotopic (exact) mass is 323 g/mol. The molecule has 0 spiro atoms. The number of guanidine groups is 1. The fraction of sp³-hybridized carbons (Fsp3) is 0.588. The summed E-state index contributed by atoms with van der Waals surface area (Å²) < 4.78 is 5.67. The third-order valence-corrected chi connectivity index (χ3v) is 4.06. The molecule has 122 valence electrons. The van der Waals surface area contributed by atoms with Crippen LogP contribution in [0.4, 0.5) is 0 Å². The van der Waals surface area contributed by atoms with Gasteiger partial charge in [0.25, 0.3) is 0 Å². The average Bonchev–Trinajstić information content (AvgIpc) is 3.34. The lowest BCUT2D eigenvalue weighted by atomic mass is 10.1. The van der Waals surface area contributed by atoms with E-state index in [9.17, 15) is 0 Å². The van der Waals surface area contributed by atoms with Crippen LogP contribution >= 0.6 is 11.6 Å². The molecular formula is C17H26ClN3O. The molecule has 4 nitrogen and oxygen atoms in total. The Labute approximate surface area is 138 Å². The summed E-state index contributed by atoms with van der Waals surface area (Å²) in [7, 11) is 3.85. The van der Waals surface area contributed by atoms with Crippen molar-refractivity contribution in [2.75, 3.05) is 40.4 Å². The van der Waals surface area contributed by atoms with Gasteiger partial charge < -0.3 is 15.0 Å². The van der Waals surface area contributed by atoms with E-state index < -0.39 is 0 Å². The van der Waals surface area contributed by atoms with Crippen molar-refractivity contribution in [2.45, 2.75) is 19.3 Å². The van der Waals surface area contributed by atoms with E-state index in [4.69, 9.17) is 16.3 Å². The zero-order valence-corrected chi connectivity index (χ0v) is 14.3. The number of hydrogen-bond donors (Lipinski definition) is 1. The molecule has 2 rings (SSSR count). The predicted octanol–water partition coefficient (Wildman–Crippen LogP) is 2.82. The van der Waals surface area contributed by atoms with Gasteiger partial charge in [-0.25, -0.2) is 0 Å². The second kappa shape index (κ2) is 9.01. The van der Waals surface area contributed by atoms with Crippen LogP contribution in [-0.4, -0.2) is 51.3 Å². The quantitative estimate of drug-likeness (QED) is 0.454. The van der Waals surface area contributed by atoms with Crippen molar-refractivity contribution in [2.24, 2.45) is 10.9 Å². The summed E-state index contributed by atoms with van der Waals surface area (Å²) in [6.45, 7) is 3.37. The van der Waals surface area contributed by atoms with Gasteiger partial charge in [0, 0.05) is 38.8 Å². The summed E-state index contributed by atoms with van der Waals surface area (Å²) in [5, 5.41) is 4.16. The maximum absolute atomic E-state index is 5.89. The molecule has 0 aliphatic heterocycles. The van der Waals surface area contributed by atoms with Crippen molar-refractivity contribution < 1.29 is 4.74 Å². The van der Waals surface area contributed by atoms with Gasteiger partial charge in [-0.15, -0.1) is 0 Å². The molecule has 1 saturated carbocycles. The Morgan fingerprint density at radius 3 is 2.73 bits per heavy atom. The van der Waals surface area contributed by atoms with E-state index in [2.05, 4.69) is 27.3 Å². The van der Waals surface area contributed by atoms with Crippen molar-refractivity contribution in [1.29, 1.82) is 0 Å². The third-order valence-electron chi connectivity index (χ3n) is 3.80. The second-order valence-electron chi connectivity index (χ2n) is 5.79. The number of benzene rings is 1. The topological polar surface area (TPSA) is 36.9 Å². The Morgan fingerprint density at radius 1 is 1.36 bits per heavy atom. The molecule has 0 bridgehead atoms. The third kappa shape index (κ3) is 6.24. The highest BCUT2D eigenvalue weighted by Gasteiger charge is 2.21. The van der Waals surface area contributed by atoms with Gasteiger partial charge in [0.05, 0.1) is 6.61 Å². The summed E-state index contributed by atoms with van der Waals surface area (Å²) in [5.74, 6) is 1.73. The van der Waals surface area contributed by atoms with Crippen LogP contribution in [0.2, 0.25) is 5.02 Å². The highest BCUT2D eigenvalue weighted by Crippen LogP contribution is 2.28. The van der Waals surface area contributed by atoms with E-state index in [-0.39, 0.29) is 0 Å². The zero-order chi connectivity index (χ0) is 15.8. The lowest BCUT2D eigenvalue weighted by Crippen LogP contribution is -2.41. The van der Waals surface area contributed by atoms with Crippen LogP contribution in [-0.2, 0) is 11.2 Å². The van der Waals surface area contributed by atoms with Crippen molar-refractivity contribution in [3.05, 3.63) is 34.9 Å². The van der Waals surface area contributed by atoms with Crippen LogP contribution in [0.15, 0.2) is 29.3 Å². The maximum atomic E-state index is 5.89. The summed E-state index contributed by atoms with van der Waals surface area (Å²) in [6, 6.07) is 7.97. The smallest absolute Gasteiger partial charge is 0.193 e. The maximum Gasteiger partial charge on any atom is 0.193 e. The molecule has 1 aromatic rings. The number of halogens is 1. The fourth-order valence-corrected chi connectivity index (χ4v) is 2.32. The van der Waals surface area contributed by atoms with Gasteiger partial charge in [-0.3, -0.25) is 4.99 Å². The number of rotatable bonds is 8. The first-order chi connectivity index (χ1) is 10.7. The first kappa shape index (κ1) is 17.1. The van der Waals surface area contributed by atoms with Crippen molar-refractivity contribution in [1.82, 2.24) is 10.2 Å². The van der Waals surface area contributed by atoms with E-state index in [1.807, 2.05) is 26.2 Å².